The van der Waals surface area contributed by atoms with E-state index in [9.17, 15) is 4.79 Å². The second-order valence-corrected chi connectivity index (χ2v) is 7.73. The van der Waals surface area contributed by atoms with Gasteiger partial charge in [0.25, 0.3) is 0 Å². The lowest BCUT2D eigenvalue weighted by Crippen LogP contribution is -2.45. The molecule has 1 amide bonds. The normalized spacial score (nSPS) is 18.9. The Bertz CT molecular complexity index is 433. The van der Waals surface area contributed by atoms with Gasteiger partial charge in [-0.2, -0.15) is 0 Å². The molecule has 0 aromatic carbocycles. The molecule has 2 unspecified atom stereocenters. The largest absolute Gasteiger partial charge is 0.444 e. The number of nitrogens with one attached hydrogen (secondary N) is 3. The van der Waals surface area contributed by atoms with E-state index in [1.807, 2.05) is 27.7 Å². The quantitative estimate of drug-likeness (QED) is 0.294. The molecule has 1 saturated heterocycles. The number of nitrogens with zero attached hydrogens (tertiary/aromatic N) is 1. The Labute approximate surface area is 175 Å². The topological polar surface area (TPSA) is 84.0 Å². The minimum absolute atomic E-state index is 0. The van der Waals surface area contributed by atoms with Gasteiger partial charge in [-0.15, -0.1) is 24.0 Å². The summed E-state index contributed by atoms with van der Waals surface area (Å²) in [5.41, 5.74) is -0.507. The summed E-state index contributed by atoms with van der Waals surface area (Å²) in [5.74, 6) is 0.993. The van der Waals surface area contributed by atoms with Crippen LogP contribution < -0.4 is 16.0 Å². The predicted molar refractivity (Wildman–Crippen MR) is 116 cm³/mol. The van der Waals surface area contributed by atoms with Crippen LogP contribution in [0.3, 0.4) is 0 Å². The highest BCUT2D eigenvalue weighted by atomic mass is 127. The minimum Gasteiger partial charge on any atom is -0.444 e. The molecule has 1 fully saturated rings. The summed E-state index contributed by atoms with van der Waals surface area (Å²) < 4.78 is 11.0. The Morgan fingerprint density at radius 3 is 2.50 bits per heavy atom. The van der Waals surface area contributed by atoms with E-state index in [1.165, 1.54) is 0 Å². The number of ether oxygens (including phenoxy) is 2. The molecule has 0 spiro atoms. The van der Waals surface area contributed by atoms with E-state index in [-0.39, 0.29) is 42.0 Å². The number of alkyl carbamates (subject to hydrolysis) is 1. The number of aliphatic imine (C=N–C) groups is 1. The average molecular weight is 484 g/mol. The number of carbonyl (C=O) groups excluding carboxylic acids is 1. The monoisotopic (exact) mass is 484 g/mol. The van der Waals surface area contributed by atoms with E-state index in [0.717, 1.165) is 38.5 Å². The maximum atomic E-state index is 12.0. The summed E-state index contributed by atoms with van der Waals surface area (Å²) in [7, 11) is 0. The first-order valence-corrected chi connectivity index (χ1v) is 9.34. The van der Waals surface area contributed by atoms with Gasteiger partial charge in [0, 0.05) is 19.7 Å². The van der Waals surface area contributed by atoms with Gasteiger partial charge in [0.2, 0.25) is 0 Å². The first-order chi connectivity index (χ1) is 11.7. The number of carbonyl (C=O) groups is 1. The summed E-state index contributed by atoms with van der Waals surface area (Å²) in [4.78, 5) is 16.6. The predicted octanol–water partition coefficient (Wildman–Crippen LogP) is 2.89. The van der Waals surface area contributed by atoms with Crippen LogP contribution in [0.2, 0.25) is 0 Å². The average Bonchev–Trinajstić information content (AvgIpc) is 2.99. The molecule has 8 heteroatoms. The van der Waals surface area contributed by atoms with E-state index in [4.69, 9.17) is 9.47 Å². The van der Waals surface area contributed by atoms with Gasteiger partial charge in [-0.3, -0.25) is 4.99 Å². The van der Waals surface area contributed by atoms with E-state index in [2.05, 4.69) is 34.8 Å². The van der Waals surface area contributed by atoms with Crippen molar-refractivity contribution in [1.29, 1.82) is 0 Å². The van der Waals surface area contributed by atoms with Crippen molar-refractivity contribution >= 4 is 36.0 Å². The van der Waals surface area contributed by atoms with Crippen molar-refractivity contribution in [3.05, 3.63) is 0 Å². The fraction of sp³-hybridized carbons (Fsp3) is 0.889. The molecule has 1 rings (SSSR count). The SMILES string of the molecule is CCNC(=NCC(NC(=O)OC(C)(C)C)C(C)C)NCC1CCCO1.I. The number of guanidine groups is 1. The van der Waals surface area contributed by atoms with Crippen LogP contribution in [0.15, 0.2) is 4.99 Å². The molecule has 1 aliphatic rings. The molecule has 0 aliphatic carbocycles. The molecule has 0 saturated carbocycles. The Morgan fingerprint density at radius 2 is 2.00 bits per heavy atom. The van der Waals surface area contributed by atoms with Gasteiger partial charge in [-0.1, -0.05) is 13.8 Å². The second-order valence-electron chi connectivity index (χ2n) is 7.73. The molecule has 154 valence electrons. The van der Waals surface area contributed by atoms with Crippen LogP contribution >= 0.6 is 24.0 Å². The molecule has 1 aliphatic heterocycles. The lowest BCUT2D eigenvalue weighted by Gasteiger charge is -2.25. The van der Waals surface area contributed by atoms with Crippen LogP contribution in [-0.2, 0) is 9.47 Å². The molecule has 0 aromatic rings. The van der Waals surface area contributed by atoms with Gasteiger partial charge in [0.05, 0.1) is 18.7 Å². The van der Waals surface area contributed by atoms with Gasteiger partial charge < -0.3 is 25.4 Å². The molecule has 2 atom stereocenters. The highest BCUT2D eigenvalue weighted by molar-refractivity contribution is 14.0. The lowest BCUT2D eigenvalue weighted by atomic mass is 10.1. The maximum Gasteiger partial charge on any atom is 0.407 e. The van der Waals surface area contributed by atoms with E-state index < -0.39 is 11.7 Å². The van der Waals surface area contributed by atoms with E-state index in [0.29, 0.717) is 6.54 Å². The Balaban J connectivity index is 0.00000625. The zero-order valence-electron chi connectivity index (χ0n) is 17.1. The van der Waals surface area contributed by atoms with Gasteiger partial charge >= 0.3 is 6.09 Å². The summed E-state index contributed by atoms with van der Waals surface area (Å²) in [6.45, 7) is 14.6. The Morgan fingerprint density at radius 1 is 1.31 bits per heavy atom. The molecule has 3 N–H and O–H groups in total. The molecule has 7 nitrogen and oxygen atoms in total. The molecule has 0 aromatic heterocycles. The number of rotatable bonds is 7. The minimum atomic E-state index is -0.507. The Kier molecular flexibility index (Phi) is 12.2. The molecule has 0 bridgehead atoms. The molecule has 0 radical (unpaired) electrons. The summed E-state index contributed by atoms with van der Waals surface area (Å²) in [6, 6.07) is -0.0898. The lowest BCUT2D eigenvalue weighted by molar-refractivity contribution is 0.0493. The fourth-order valence-corrected chi connectivity index (χ4v) is 2.43. The van der Waals surface area contributed by atoms with Gasteiger partial charge in [0.1, 0.15) is 5.60 Å². The zero-order valence-corrected chi connectivity index (χ0v) is 19.4. The van der Waals surface area contributed by atoms with E-state index in [1.54, 1.807) is 0 Å². The zero-order chi connectivity index (χ0) is 18.9. The summed E-state index contributed by atoms with van der Waals surface area (Å²) in [6.07, 6.45) is 2.06. The van der Waals surface area contributed by atoms with Crippen molar-refractivity contribution in [3.63, 3.8) is 0 Å². The molecular weight excluding hydrogens is 447 g/mol. The van der Waals surface area contributed by atoms with Crippen LogP contribution in [0.25, 0.3) is 0 Å². The number of halogens is 1. The first-order valence-electron chi connectivity index (χ1n) is 9.34. The number of hydrogen-bond acceptors (Lipinski definition) is 4. The third-order valence-corrected chi connectivity index (χ3v) is 3.82. The molecule has 1 heterocycles. The summed E-state index contributed by atoms with van der Waals surface area (Å²) >= 11 is 0. The van der Waals surface area contributed by atoms with Crippen molar-refractivity contribution in [2.45, 2.75) is 72.1 Å². The third kappa shape index (κ3) is 11.1. The standard InChI is InChI=1S/C18H36N4O3.HI/c1-7-19-16(20-11-14-9-8-10-24-14)21-12-15(13(2)3)22-17(23)25-18(4,5)6;/h13-15H,7-12H2,1-6H3,(H,22,23)(H2,19,20,21);1H. The number of hydrogen-bond donors (Lipinski definition) is 3. The van der Waals surface area contributed by atoms with Gasteiger partial charge in [0.15, 0.2) is 5.96 Å². The molecule has 26 heavy (non-hydrogen) atoms. The van der Waals surface area contributed by atoms with Crippen LogP contribution in [0.1, 0.15) is 54.4 Å². The van der Waals surface area contributed by atoms with Crippen LogP contribution in [0.4, 0.5) is 4.79 Å². The van der Waals surface area contributed by atoms with Crippen LogP contribution in [-0.4, -0.2) is 56.0 Å². The van der Waals surface area contributed by atoms with Crippen LogP contribution in [0.5, 0.6) is 0 Å². The highest BCUT2D eigenvalue weighted by Gasteiger charge is 2.21. The molecular formula is C18H37IN4O3. The van der Waals surface area contributed by atoms with Gasteiger partial charge in [-0.05, 0) is 46.5 Å². The van der Waals surface area contributed by atoms with E-state index >= 15 is 0 Å². The van der Waals surface area contributed by atoms with Crippen molar-refractivity contribution < 1.29 is 14.3 Å². The number of amides is 1. The Hall–Kier alpha value is -0.770. The van der Waals surface area contributed by atoms with Crippen molar-refractivity contribution in [2.75, 3.05) is 26.2 Å². The highest BCUT2D eigenvalue weighted by Crippen LogP contribution is 2.11. The third-order valence-electron chi connectivity index (χ3n) is 3.82. The van der Waals surface area contributed by atoms with Crippen molar-refractivity contribution in [3.8, 4) is 0 Å². The smallest absolute Gasteiger partial charge is 0.407 e. The maximum absolute atomic E-state index is 12.0. The van der Waals surface area contributed by atoms with Crippen molar-refractivity contribution in [2.24, 2.45) is 10.9 Å². The summed E-state index contributed by atoms with van der Waals surface area (Å²) in [5, 5.41) is 9.47. The first kappa shape index (κ1) is 25.2. The fourth-order valence-electron chi connectivity index (χ4n) is 2.43. The van der Waals surface area contributed by atoms with Gasteiger partial charge in [-0.25, -0.2) is 4.79 Å². The van der Waals surface area contributed by atoms with Crippen molar-refractivity contribution in [1.82, 2.24) is 16.0 Å². The van der Waals surface area contributed by atoms with Crippen LogP contribution in [0, 0.1) is 5.92 Å². The second kappa shape index (κ2) is 12.6.